The zero-order chi connectivity index (χ0) is 14.4. The van der Waals surface area contributed by atoms with E-state index in [0.29, 0.717) is 17.0 Å². The monoisotopic (exact) mass is 283 g/mol. The van der Waals surface area contributed by atoms with Gasteiger partial charge in [-0.15, -0.1) is 0 Å². The van der Waals surface area contributed by atoms with Crippen molar-refractivity contribution in [2.75, 3.05) is 13.6 Å². The molecule has 1 aromatic carbocycles. The molecule has 0 saturated carbocycles. The molecule has 2 nitrogen and oxygen atoms in total. The third kappa shape index (κ3) is 5.94. The van der Waals surface area contributed by atoms with Crippen molar-refractivity contribution in [3.63, 3.8) is 0 Å². The maximum absolute atomic E-state index is 10.2. The molecule has 1 N–H and O–H groups in total. The lowest BCUT2D eigenvalue weighted by molar-refractivity contribution is 0.134. The van der Waals surface area contributed by atoms with Crippen LogP contribution in [-0.2, 0) is 0 Å². The molecular weight excluding hydrogens is 258 g/mol. The topological polar surface area (TPSA) is 23.5 Å². The van der Waals surface area contributed by atoms with E-state index in [1.165, 1.54) is 6.42 Å². The van der Waals surface area contributed by atoms with Crippen molar-refractivity contribution in [3.8, 4) is 0 Å². The maximum Gasteiger partial charge on any atom is 0.0802 e. The Balaban J connectivity index is 2.43. The average molecular weight is 284 g/mol. The Bertz CT molecular complexity index is 381. The lowest BCUT2D eigenvalue weighted by Gasteiger charge is -2.27. The summed E-state index contributed by atoms with van der Waals surface area (Å²) in [7, 11) is 2.12. The minimum absolute atomic E-state index is 0.438. The van der Waals surface area contributed by atoms with Gasteiger partial charge in [0.05, 0.1) is 6.10 Å². The molecule has 0 aromatic heterocycles. The lowest BCUT2D eigenvalue weighted by Crippen LogP contribution is -2.31. The number of halogens is 1. The highest BCUT2D eigenvalue weighted by molar-refractivity contribution is 6.30. The summed E-state index contributed by atoms with van der Waals surface area (Å²) in [4.78, 5) is 2.31. The Hall–Kier alpha value is -0.570. The van der Waals surface area contributed by atoms with Crippen LogP contribution in [-0.4, -0.2) is 29.6 Å². The van der Waals surface area contributed by atoms with Crippen LogP contribution in [0.1, 0.15) is 45.3 Å². The predicted octanol–water partition coefficient (Wildman–Crippen LogP) is 4.13. The fraction of sp³-hybridized carbons (Fsp3) is 0.625. The lowest BCUT2D eigenvalue weighted by atomic mass is 10.0. The summed E-state index contributed by atoms with van der Waals surface area (Å²) >= 11 is 5.94. The summed E-state index contributed by atoms with van der Waals surface area (Å²) in [6, 6.07) is 8.02. The number of hydrogen-bond acceptors (Lipinski definition) is 2. The van der Waals surface area contributed by atoms with Gasteiger partial charge >= 0.3 is 0 Å². The van der Waals surface area contributed by atoms with E-state index in [2.05, 4.69) is 32.7 Å². The number of nitrogens with zero attached hydrogens (tertiary/aromatic N) is 1. The van der Waals surface area contributed by atoms with Gasteiger partial charge in [-0.05, 0) is 50.4 Å². The second kappa shape index (κ2) is 7.88. The third-order valence-corrected chi connectivity index (χ3v) is 3.79. The fourth-order valence-corrected chi connectivity index (χ4v) is 2.49. The second-order valence-corrected chi connectivity index (χ2v) is 6.26. The molecule has 2 atom stereocenters. The van der Waals surface area contributed by atoms with E-state index in [0.717, 1.165) is 18.5 Å². The smallest absolute Gasteiger partial charge is 0.0802 e. The van der Waals surface area contributed by atoms with Crippen molar-refractivity contribution in [3.05, 3.63) is 34.9 Å². The zero-order valence-corrected chi connectivity index (χ0v) is 13.2. The van der Waals surface area contributed by atoms with E-state index in [4.69, 9.17) is 11.6 Å². The summed E-state index contributed by atoms with van der Waals surface area (Å²) < 4.78 is 0. The molecule has 19 heavy (non-hydrogen) atoms. The summed E-state index contributed by atoms with van der Waals surface area (Å²) in [5.41, 5.74) is 0.900. The highest BCUT2D eigenvalue weighted by atomic mass is 35.5. The van der Waals surface area contributed by atoms with Crippen molar-refractivity contribution >= 4 is 11.6 Å². The molecule has 0 spiro atoms. The van der Waals surface area contributed by atoms with Crippen LogP contribution >= 0.6 is 11.6 Å². The predicted molar refractivity (Wildman–Crippen MR) is 82.6 cm³/mol. The summed E-state index contributed by atoms with van der Waals surface area (Å²) in [5, 5.41) is 10.9. The van der Waals surface area contributed by atoms with Gasteiger partial charge < -0.3 is 10.0 Å². The molecule has 0 aliphatic rings. The van der Waals surface area contributed by atoms with Crippen LogP contribution in [0.3, 0.4) is 0 Å². The van der Waals surface area contributed by atoms with Crippen LogP contribution in [0.2, 0.25) is 5.02 Å². The molecule has 0 fully saturated rings. The first-order chi connectivity index (χ1) is 8.90. The maximum atomic E-state index is 10.2. The van der Waals surface area contributed by atoms with Gasteiger partial charge in [0.25, 0.3) is 0 Å². The van der Waals surface area contributed by atoms with E-state index >= 15 is 0 Å². The summed E-state index contributed by atoms with van der Waals surface area (Å²) in [6.07, 6.45) is 1.48. The van der Waals surface area contributed by atoms with Crippen LogP contribution in [0, 0.1) is 5.92 Å². The molecule has 0 aliphatic heterocycles. The van der Waals surface area contributed by atoms with Gasteiger partial charge in [0.1, 0.15) is 0 Å². The number of hydrogen-bond donors (Lipinski definition) is 1. The van der Waals surface area contributed by atoms with Gasteiger partial charge in [0, 0.05) is 17.6 Å². The summed E-state index contributed by atoms with van der Waals surface area (Å²) in [5.74, 6) is 0.704. The van der Waals surface area contributed by atoms with Gasteiger partial charge in [0.15, 0.2) is 0 Å². The summed E-state index contributed by atoms with van der Waals surface area (Å²) in [6.45, 7) is 7.61. The normalized spacial score (nSPS) is 14.9. The molecule has 3 heteroatoms. The quantitative estimate of drug-likeness (QED) is 0.813. The molecule has 1 aromatic rings. The van der Waals surface area contributed by atoms with Crippen LogP contribution in [0.15, 0.2) is 24.3 Å². The number of aliphatic hydroxyl groups is 1. The molecule has 0 radical (unpaired) electrons. The minimum atomic E-state index is -0.438. The Morgan fingerprint density at radius 1 is 1.26 bits per heavy atom. The average Bonchev–Trinajstić information content (AvgIpc) is 2.34. The van der Waals surface area contributed by atoms with E-state index in [-0.39, 0.29) is 0 Å². The Morgan fingerprint density at radius 2 is 1.95 bits per heavy atom. The number of benzene rings is 1. The SMILES string of the molecule is CC(C)CC(C)N(C)CCC(O)c1cccc(Cl)c1. The van der Waals surface area contributed by atoms with Crippen molar-refractivity contribution in [2.45, 2.75) is 45.8 Å². The molecule has 0 heterocycles. The van der Waals surface area contributed by atoms with Crippen LogP contribution in [0.4, 0.5) is 0 Å². The molecule has 0 amide bonds. The van der Waals surface area contributed by atoms with Crippen LogP contribution < -0.4 is 0 Å². The van der Waals surface area contributed by atoms with Crippen molar-refractivity contribution < 1.29 is 5.11 Å². The minimum Gasteiger partial charge on any atom is -0.388 e. The first kappa shape index (κ1) is 16.5. The fourth-order valence-electron chi connectivity index (χ4n) is 2.29. The van der Waals surface area contributed by atoms with Crippen LogP contribution in [0.5, 0.6) is 0 Å². The van der Waals surface area contributed by atoms with E-state index < -0.39 is 6.10 Å². The first-order valence-electron chi connectivity index (χ1n) is 7.04. The van der Waals surface area contributed by atoms with Crippen molar-refractivity contribution in [2.24, 2.45) is 5.92 Å². The number of aliphatic hydroxyl groups excluding tert-OH is 1. The Morgan fingerprint density at radius 3 is 2.53 bits per heavy atom. The highest BCUT2D eigenvalue weighted by Crippen LogP contribution is 2.21. The van der Waals surface area contributed by atoms with Crippen molar-refractivity contribution in [1.82, 2.24) is 4.90 Å². The standard InChI is InChI=1S/C16H26ClNO/c1-12(2)10-13(3)18(4)9-8-16(19)14-6-5-7-15(17)11-14/h5-7,11-13,16,19H,8-10H2,1-4H3. The second-order valence-electron chi connectivity index (χ2n) is 5.82. The first-order valence-corrected chi connectivity index (χ1v) is 7.41. The molecule has 0 saturated heterocycles. The Kier molecular flexibility index (Phi) is 6.84. The van der Waals surface area contributed by atoms with Gasteiger partial charge in [-0.1, -0.05) is 37.6 Å². The molecule has 0 aliphatic carbocycles. The van der Waals surface area contributed by atoms with Crippen LogP contribution in [0.25, 0.3) is 0 Å². The largest absolute Gasteiger partial charge is 0.388 e. The molecule has 2 unspecified atom stereocenters. The van der Waals surface area contributed by atoms with Crippen molar-refractivity contribution in [1.29, 1.82) is 0 Å². The third-order valence-electron chi connectivity index (χ3n) is 3.55. The molecule has 1 rings (SSSR count). The molecular formula is C16H26ClNO. The van der Waals surface area contributed by atoms with Gasteiger partial charge in [-0.2, -0.15) is 0 Å². The molecule has 0 bridgehead atoms. The highest BCUT2D eigenvalue weighted by Gasteiger charge is 2.14. The number of rotatable bonds is 7. The molecule has 108 valence electrons. The van der Waals surface area contributed by atoms with E-state index in [1.54, 1.807) is 0 Å². The van der Waals surface area contributed by atoms with E-state index in [9.17, 15) is 5.11 Å². The Labute approximate surface area is 122 Å². The van der Waals surface area contributed by atoms with Gasteiger partial charge in [0.2, 0.25) is 0 Å². The van der Waals surface area contributed by atoms with E-state index in [1.807, 2.05) is 24.3 Å². The zero-order valence-electron chi connectivity index (χ0n) is 12.4. The van der Waals surface area contributed by atoms with Gasteiger partial charge in [-0.3, -0.25) is 0 Å². The van der Waals surface area contributed by atoms with Gasteiger partial charge in [-0.25, -0.2) is 0 Å².